The zero-order valence-electron chi connectivity index (χ0n) is 10.6. The summed E-state index contributed by atoms with van der Waals surface area (Å²) < 4.78 is 1.40. The average molecular weight is 354 g/mol. The SMILES string of the molecule is Cc1cc(-n2cc(Br)c(=O)c([N+](=O)[O-])c2)ccc1[N+](=O)[O-]. The van der Waals surface area contributed by atoms with Crippen molar-refractivity contribution in [1.82, 2.24) is 4.57 Å². The second-order valence-electron chi connectivity index (χ2n) is 4.21. The average Bonchev–Trinajstić information content (AvgIpc) is 2.40. The highest BCUT2D eigenvalue weighted by Crippen LogP contribution is 2.22. The van der Waals surface area contributed by atoms with Crippen LogP contribution in [0.3, 0.4) is 0 Å². The summed E-state index contributed by atoms with van der Waals surface area (Å²) in [4.78, 5) is 31.9. The summed E-state index contributed by atoms with van der Waals surface area (Å²) in [7, 11) is 0. The van der Waals surface area contributed by atoms with Crippen LogP contribution in [0, 0.1) is 27.2 Å². The van der Waals surface area contributed by atoms with Crippen molar-refractivity contribution in [2.24, 2.45) is 0 Å². The van der Waals surface area contributed by atoms with Gasteiger partial charge in [-0.2, -0.15) is 0 Å². The predicted molar refractivity (Wildman–Crippen MR) is 77.8 cm³/mol. The third-order valence-electron chi connectivity index (χ3n) is 2.84. The molecule has 9 heteroatoms. The molecule has 0 aliphatic carbocycles. The molecule has 0 unspecified atom stereocenters. The van der Waals surface area contributed by atoms with E-state index in [0.717, 1.165) is 6.20 Å². The first-order valence-corrected chi connectivity index (χ1v) is 6.42. The topological polar surface area (TPSA) is 108 Å². The molecule has 8 nitrogen and oxygen atoms in total. The number of rotatable bonds is 3. The Hall–Kier alpha value is -2.55. The lowest BCUT2D eigenvalue weighted by molar-refractivity contribution is -0.386. The van der Waals surface area contributed by atoms with Crippen LogP contribution in [0.5, 0.6) is 0 Å². The minimum absolute atomic E-state index is 0.0349. The molecule has 0 atom stereocenters. The van der Waals surface area contributed by atoms with E-state index in [1.807, 2.05) is 0 Å². The van der Waals surface area contributed by atoms with Crippen LogP contribution in [0.15, 0.2) is 39.9 Å². The van der Waals surface area contributed by atoms with Crippen molar-refractivity contribution >= 4 is 27.3 Å². The number of nitro benzene ring substituents is 1. The van der Waals surface area contributed by atoms with E-state index in [2.05, 4.69) is 15.9 Å². The molecule has 2 aromatic rings. The second kappa shape index (κ2) is 5.44. The molecular weight excluding hydrogens is 346 g/mol. The van der Waals surface area contributed by atoms with E-state index < -0.39 is 21.0 Å². The minimum atomic E-state index is -0.776. The first-order valence-electron chi connectivity index (χ1n) is 5.63. The summed E-state index contributed by atoms with van der Waals surface area (Å²) in [5.41, 5.74) is -0.472. The molecule has 0 radical (unpaired) electrons. The van der Waals surface area contributed by atoms with Crippen LogP contribution >= 0.6 is 15.9 Å². The third kappa shape index (κ3) is 2.82. The van der Waals surface area contributed by atoms with Crippen molar-refractivity contribution < 1.29 is 9.85 Å². The van der Waals surface area contributed by atoms with Crippen LogP contribution < -0.4 is 5.43 Å². The van der Waals surface area contributed by atoms with Crippen LogP contribution in [-0.4, -0.2) is 14.4 Å². The Morgan fingerprint density at radius 2 is 1.71 bits per heavy atom. The zero-order chi connectivity index (χ0) is 15.7. The van der Waals surface area contributed by atoms with Crippen LogP contribution in [-0.2, 0) is 0 Å². The molecule has 0 saturated carbocycles. The van der Waals surface area contributed by atoms with Gasteiger partial charge in [0.05, 0.1) is 20.5 Å². The zero-order valence-corrected chi connectivity index (χ0v) is 12.2. The summed E-state index contributed by atoms with van der Waals surface area (Å²) in [6.45, 7) is 1.56. The lowest BCUT2D eigenvalue weighted by Gasteiger charge is -2.08. The fourth-order valence-electron chi connectivity index (χ4n) is 1.81. The highest BCUT2D eigenvalue weighted by Gasteiger charge is 2.17. The molecule has 0 aliphatic heterocycles. The van der Waals surface area contributed by atoms with Crippen LogP contribution in [0.1, 0.15) is 5.56 Å². The Labute approximate surface area is 126 Å². The molecule has 0 saturated heterocycles. The monoisotopic (exact) mass is 353 g/mol. The normalized spacial score (nSPS) is 10.4. The number of hydrogen-bond acceptors (Lipinski definition) is 5. The molecule has 0 aliphatic rings. The van der Waals surface area contributed by atoms with Gasteiger partial charge in [0.15, 0.2) is 0 Å². The maximum atomic E-state index is 11.6. The third-order valence-corrected chi connectivity index (χ3v) is 3.40. The van der Waals surface area contributed by atoms with Crippen molar-refractivity contribution in [2.75, 3.05) is 0 Å². The van der Waals surface area contributed by atoms with Crippen molar-refractivity contribution in [2.45, 2.75) is 6.92 Å². The van der Waals surface area contributed by atoms with E-state index in [-0.39, 0.29) is 10.2 Å². The fourth-order valence-corrected chi connectivity index (χ4v) is 2.24. The first kappa shape index (κ1) is 14.9. The maximum absolute atomic E-state index is 11.6. The van der Waals surface area contributed by atoms with Gasteiger partial charge in [-0.05, 0) is 35.0 Å². The summed E-state index contributed by atoms with van der Waals surface area (Å²) in [6, 6.07) is 4.27. The molecule has 0 amide bonds. The van der Waals surface area contributed by atoms with Gasteiger partial charge in [-0.1, -0.05) is 0 Å². The van der Waals surface area contributed by atoms with Gasteiger partial charge in [0, 0.05) is 23.5 Å². The lowest BCUT2D eigenvalue weighted by atomic mass is 10.2. The molecule has 0 bridgehead atoms. The van der Waals surface area contributed by atoms with Crippen LogP contribution in [0.2, 0.25) is 0 Å². The van der Waals surface area contributed by atoms with E-state index in [4.69, 9.17) is 0 Å². The van der Waals surface area contributed by atoms with Crippen molar-refractivity contribution in [3.63, 3.8) is 0 Å². The first-order chi connectivity index (χ1) is 9.81. The Morgan fingerprint density at radius 1 is 1.10 bits per heavy atom. The molecular formula is C12H8BrN3O5. The summed E-state index contributed by atoms with van der Waals surface area (Å²) in [5, 5.41) is 21.6. The summed E-state index contributed by atoms with van der Waals surface area (Å²) >= 11 is 2.97. The molecule has 1 aromatic carbocycles. The number of benzene rings is 1. The fraction of sp³-hybridized carbons (Fsp3) is 0.0833. The van der Waals surface area contributed by atoms with Crippen molar-refractivity contribution in [3.8, 4) is 5.69 Å². The number of halogens is 1. The standard InChI is InChI=1S/C12H8BrN3O5/c1-7-4-8(2-3-10(7)15(18)19)14-5-9(13)12(17)11(6-14)16(20)21/h2-6H,1H3. The number of aromatic nitrogens is 1. The van der Waals surface area contributed by atoms with E-state index in [9.17, 15) is 25.0 Å². The highest BCUT2D eigenvalue weighted by atomic mass is 79.9. The molecule has 1 heterocycles. The summed E-state index contributed by atoms with van der Waals surface area (Å²) in [6.07, 6.45) is 2.45. The van der Waals surface area contributed by atoms with Gasteiger partial charge >= 0.3 is 5.69 Å². The lowest BCUT2D eigenvalue weighted by Crippen LogP contribution is -2.12. The Morgan fingerprint density at radius 3 is 2.24 bits per heavy atom. The van der Waals surface area contributed by atoms with Crippen LogP contribution in [0.25, 0.3) is 5.69 Å². The van der Waals surface area contributed by atoms with Gasteiger partial charge in [-0.15, -0.1) is 0 Å². The van der Waals surface area contributed by atoms with Gasteiger partial charge in [-0.3, -0.25) is 25.0 Å². The Kier molecular flexibility index (Phi) is 3.85. The predicted octanol–water partition coefficient (Wildman–Crippen LogP) is 2.72. The Balaban J connectivity index is 2.62. The highest BCUT2D eigenvalue weighted by molar-refractivity contribution is 9.10. The van der Waals surface area contributed by atoms with E-state index in [1.54, 1.807) is 6.92 Å². The van der Waals surface area contributed by atoms with Crippen LogP contribution in [0.4, 0.5) is 11.4 Å². The molecule has 108 valence electrons. The van der Waals surface area contributed by atoms with E-state index in [1.165, 1.54) is 29.0 Å². The number of hydrogen-bond donors (Lipinski definition) is 0. The molecule has 0 spiro atoms. The molecule has 2 rings (SSSR count). The van der Waals surface area contributed by atoms with Crippen molar-refractivity contribution in [1.29, 1.82) is 0 Å². The van der Waals surface area contributed by atoms with Gasteiger partial charge < -0.3 is 4.57 Å². The van der Waals surface area contributed by atoms with E-state index in [0.29, 0.717) is 11.3 Å². The van der Waals surface area contributed by atoms with Gasteiger partial charge in [0.25, 0.3) is 11.1 Å². The van der Waals surface area contributed by atoms with Gasteiger partial charge in [0.1, 0.15) is 0 Å². The van der Waals surface area contributed by atoms with E-state index >= 15 is 0 Å². The summed E-state index contributed by atoms with van der Waals surface area (Å²) in [5.74, 6) is 0. The number of aryl methyl sites for hydroxylation is 1. The second-order valence-corrected chi connectivity index (χ2v) is 5.07. The minimum Gasteiger partial charge on any atom is -0.316 e. The molecule has 21 heavy (non-hydrogen) atoms. The van der Waals surface area contributed by atoms with Gasteiger partial charge in [0.2, 0.25) is 0 Å². The molecule has 0 fully saturated rings. The molecule has 0 N–H and O–H groups in total. The number of pyridine rings is 1. The maximum Gasteiger partial charge on any atom is 0.333 e. The number of nitrogens with zero attached hydrogens (tertiary/aromatic N) is 3. The smallest absolute Gasteiger partial charge is 0.316 e. The Bertz CT molecular complexity index is 815. The largest absolute Gasteiger partial charge is 0.333 e. The number of nitro groups is 2. The van der Waals surface area contributed by atoms with Gasteiger partial charge in [-0.25, -0.2) is 0 Å². The molecule has 1 aromatic heterocycles. The quantitative estimate of drug-likeness (QED) is 0.622. The van der Waals surface area contributed by atoms with Crippen molar-refractivity contribution in [3.05, 3.63) is 71.1 Å².